The highest BCUT2D eigenvalue weighted by Crippen LogP contribution is 2.15. The van der Waals surface area contributed by atoms with Crippen LogP contribution in [0.3, 0.4) is 0 Å². The molecule has 1 unspecified atom stereocenters. The summed E-state index contributed by atoms with van der Waals surface area (Å²) in [6.07, 6.45) is 5.14. The summed E-state index contributed by atoms with van der Waals surface area (Å²) in [5.74, 6) is 0. The van der Waals surface area contributed by atoms with Crippen LogP contribution in [0.1, 0.15) is 32.6 Å². The Labute approximate surface area is 80.5 Å². The highest BCUT2D eigenvalue weighted by atomic mass is 35.5. The van der Waals surface area contributed by atoms with Crippen LogP contribution in [0, 0.1) is 0 Å². The zero-order valence-electron chi connectivity index (χ0n) is 7.05. The van der Waals surface area contributed by atoms with E-state index >= 15 is 0 Å². The van der Waals surface area contributed by atoms with Gasteiger partial charge in [-0.3, -0.25) is 4.90 Å². The Kier molecular flexibility index (Phi) is 6.40. The Morgan fingerprint density at radius 2 is 1.82 bits per heavy atom. The predicted molar refractivity (Wildman–Crippen MR) is 52.6 cm³/mol. The van der Waals surface area contributed by atoms with Crippen molar-refractivity contribution < 1.29 is 0 Å². The Bertz CT molecular complexity index is 92.1. The first-order chi connectivity index (χ1) is 4.84. The lowest BCUT2D eigenvalue weighted by Crippen LogP contribution is -2.35. The third kappa shape index (κ3) is 3.64. The lowest BCUT2D eigenvalue weighted by atomic mass is 10.1. The molecule has 11 heavy (non-hydrogen) atoms. The lowest BCUT2D eigenvalue weighted by molar-refractivity contribution is 0.206. The van der Waals surface area contributed by atoms with Crippen LogP contribution in [0.5, 0.6) is 0 Å². The SMILES string of the molecule is CCC(Cl)N1CCCCC1.Cl. The van der Waals surface area contributed by atoms with E-state index in [1.165, 1.54) is 32.4 Å². The molecule has 1 saturated heterocycles. The van der Waals surface area contributed by atoms with Crippen LogP contribution in [-0.4, -0.2) is 23.5 Å². The van der Waals surface area contributed by atoms with Crippen molar-refractivity contribution in [1.82, 2.24) is 4.90 Å². The van der Waals surface area contributed by atoms with Gasteiger partial charge in [0.05, 0.1) is 5.50 Å². The molecule has 0 radical (unpaired) electrons. The molecule has 0 aromatic rings. The van der Waals surface area contributed by atoms with Gasteiger partial charge in [-0.1, -0.05) is 13.3 Å². The molecular formula is C8H17Cl2N. The fraction of sp³-hybridized carbons (Fsp3) is 1.00. The maximum absolute atomic E-state index is 6.07. The normalized spacial score (nSPS) is 22.4. The van der Waals surface area contributed by atoms with Crippen LogP contribution >= 0.6 is 24.0 Å². The van der Waals surface area contributed by atoms with Crippen molar-refractivity contribution in [2.45, 2.75) is 38.1 Å². The van der Waals surface area contributed by atoms with E-state index in [0.29, 0.717) is 5.50 Å². The molecule has 0 aromatic heterocycles. The molecule has 1 atom stereocenters. The van der Waals surface area contributed by atoms with Gasteiger partial charge in [-0.05, 0) is 32.4 Å². The molecule has 0 aliphatic carbocycles. The monoisotopic (exact) mass is 197 g/mol. The van der Waals surface area contributed by atoms with E-state index in [9.17, 15) is 0 Å². The first-order valence-corrected chi connectivity index (χ1v) is 4.66. The van der Waals surface area contributed by atoms with Crippen molar-refractivity contribution in [1.29, 1.82) is 0 Å². The fourth-order valence-corrected chi connectivity index (χ4v) is 1.65. The second-order valence-electron chi connectivity index (χ2n) is 2.94. The van der Waals surface area contributed by atoms with Gasteiger partial charge in [0.25, 0.3) is 0 Å². The molecule has 1 nitrogen and oxygen atoms in total. The molecule has 1 rings (SSSR count). The average Bonchev–Trinajstić information content (AvgIpc) is 2.05. The molecule has 0 N–H and O–H groups in total. The van der Waals surface area contributed by atoms with E-state index in [2.05, 4.69) is 11.8 Å². The first-order valence-electron chi connectivity index (χ1n) is 4.22. The summed E-state index contributed by atoms with van der Waals surface area (Å²) in [7, 11) is 0. The van der Waals surface area contributed by atoms with Crippen LogP contribution in [0.2, 0.25) is 0 Å². The number of likely N-dealkylation sites (tertiary alicyclic amines) is 1. The smallest absolute Gasteiger partial charge is 0.0847 e. The van der Waals surface area contributed by atoms with E-state index in [1.807, 2.05) is 0 Å². The van der Waals surface area contributed by atoms with Crippen LogP contribution < -0.4 is 0 Å². The number of hydrogen-bond acceptors (Lipinski definition) is 1. The predicted octanol–water partition coefficient (Wildman–Crippen LogP) is 2.87. The largest absolute Gasteiger partial charge is 0.287 e. The Balaban J connectivity index is 0.000001000. The van der Waals surface area contributed by atoms with Crippen molar-refractivity contribution in [3.05, 3.63) is 0 Å². The topological polar surface area (TPSA) is 3.24 Å². The minimum Gasteiger partial charge on any atom is -0.287 e. The minimum atomic E-state index is 0. The first kappa shape index (κ1) is 11.5. The number of halogens is 2. The van der Waals surface area contributed by atoms with Crippen molar-refractivity contribution in [3.63, 3.8) is 0 Å². The molecule has 68 valence electrons. The lowest BCUT2D eigenvalue weighted by Gasteiger charge is -2.29. The maximum Gasteiger partial charge on any atom is 0.0847 e. The number of rotatable bonds is 2. The molecule has 0 saturated carbocycles. The van der Waals surface area contributed by atoms with Crippen LogP contribution in [0.25, 0.3) is 0 Å². The molecule has 0 spiro atoms. The van der Waals surface area contributed by atoms with Crippen LogP contribution in [-0.2, 0) is 0 Å². The number of hydrogen-bond donors (Lipinski definition) is 0. The van der Waals surface area contributed by atoms with Crippen LogP contribution in [0.15, 0.2) is 0 Å². The van der Waals surface area contributed by atoms with Gasteiger partial charge in [0.2, 0.25) is 0 Å². The van der Waals surface area contributed by atoms with Crippen molar-refractivity contribution >= 4 is 24.0 Å². The van der Waals surface area contributed by atoms with Crippen molar-refractivity contribution in [2.24, 2.45) is 0 Å². The Morgan fingerprint density at radius 3 is 2.27 bits per heavy atom. The summed E-state index contributed by atoms with van der Waals surface area (Å²) in [5.41, 5.74) is 0.292. The number of piperidine rings is 1. The average molecular weight is 198 g/mol. The molecule has 1 fully saturated rings. The van der Waals surface area contributed by atoms with Crippen molar-refractivity contribution in [3.8, 4) is 0 Å². The molecule has 3 heteroatoms. The molecule has 1 aliphatic rings. The van der Waals surface area contributed by atoms with Gasteiger partial charge in [0.1, 0.15) is 0 Å². The number of alkyl halides is 1. The van der Waals surface area contributed by atoms with E-state index in [4.69, 9.17) is 11.6 Å². The molecule has 0 aromatic carbocycles. The Morgan fingerprint density at radius 1 is 1.27 bits per heavy atom. The number of nitrogens with zero attached hydrogens (tertiary/aromatic N) is 1. The van der Waals surface area contributed by atoms with E-state index in [0.717, 1.165) is 6.42 Å². The summed E-state index contributed by atoms with van der Waals surface area (Å²) in [6, 6.07) is 0. The highest BCUT2D eigenvalue weighted by molar-refractivity contribution is 6.20. The van der Waals surface area contributed by atoms with E-state index in [1.54, 1.807) is 0 Å². The molecule has 1 aliphatic heterocycles. The van der Waals surface area contributed by atoms with Gasteiger partial charge in [-0.2, -0.15) is 0 Å². The zero-order chi connectivity index (χ0) is 7.40. The summed E-state index contributed by atoms with van der Waals surface area (Å²) in [4.78, 5) is 2.38. The van der Waals surface area contributed by atoms with Crippen LogP contribution in [0.4, 0.5) is 0 Å². The summed E-state index contributed by atoms with van der Waals surface area (Å²) in [5, 5.41) is 0. The third-order valence-electron chi connectivity index (χ3n) is 2.12. The standard InChI is InChI=1S/C8H16ClN.ClH/c1-2-8(9)10-6-4-3-5-7-10;/h8H,2-7H2,1H3;1H. The van der Waals surface area contributed by atoms with E-state index in [-0.39, 0.29) is 12.4 Å². The zero-order valence-corrected chi connectivity index (χ0v) is 8.63. The maximum atomic E-state index is 6.07. The second kappa shape index (κ2) is 6.10. The van der Waals surface area contributed by atoms with Gasteiger partial charge >= 0.3 is 0 Å². The third-order valence-corrected chi connectivity index (χ3v) is 2.71. The fourth-order valence-electron chi connectivity index (χ4n) is 1.46. The highest BCUT2D eigenvalue weighted by Gasteiger charge is 2.15. The van der Waals surface area contributed by atoms with Gasteiger partial charge in [-0.15, -0.1) is 24.0 Å². The van der Waals surface area contributed by atoms with E-state index < -0.39 is 0 Å². The molecular weight excluding hydrogens is 181 g/mol. The summed E-state index contributed by atoms with van der Waals surface area (Å²) < 4.78 is 0. The molecule has 1 heterocycles. The summed E-state index contributed by atoms with van der Waals surface area (Å²) in [6.45, 7) is 4.57. The van der Waals surface area contributed by atoms with Gasteiger partial charge < -0.3 is 0 Å². The minimum absolute atomic E-state index is 0. The second-order valence-corrected chi connectivity index (χ2v) is 3.44. The van der Waals surface area contributed by atoms with Crippen molar-refractivity contribution in [2.75, 3.05) is 13.1 Å². The molecule has 0 bridgehead atoms. The molecule has 0 amide bonds. The van der Waals surface area contributed by atoms with Gasteiger partial charge in [0, 0.05) is 0 Å². The van der Waals surface area contributed by atoms with Gasteiger partial charge in [0.15, 0.2) is 0 Å². The summed E-state index contributed by atoms with van der Waals surface area (Å²) >= 11 is 6.07. The quantitative estimate of drug-likeness (QED) is 0.487. The van der Waals surface area contributed by atoms with Gasteiger partial charge in [-0.25, -0.2) is 0 Å². The Hall–Kier alpha value is 0.540.